The number of sulfone groups is 1. The van der Waals surface area contributed by atoms with E-state index < -0.39 is 19.9 Å². The van der Waals surface area contributed by atoms with Crippen molar-refractivity contribution in [1.82, 2.24) is 10.2 Å². The molecule has 0 saturated heterocycles. The van der Waals surface area contributed by atoms with Gasteiger partial charge in [-0.25, -0.2) is 16.8 Å². The van der Waals surface area contributed by atoms with Gasteiger partial charge < -0.3 is 0 Å². The summed E-state index contributed by atoms with van der Waals surface area (Å²) in [5, 5.41) is 7.70. The van der Waals surface area contributed by atoms with Crippen molar-refractivity contribution in [3.05, 3.63) is 65.2 Å². The second-order valence-electron chi connectivity index (χ2n) is 7.05. The number of hydrogen-bond acceptors (Lipinski definition) is 6. The largest absolute Gasteiger partial charge is 0.280 e. The third kappa shape index (κ3) is 4.52. The molecule has 1 aromatic heterocycles. The minimum absolute atomic E-state index is 0.0458. The van der Waals surface area contributed by atoms with Crippen molar-refractivity contribution >= 4 is 25.5 Å². The molecular weight excluding hydrogens is 422 g/mol. The van der Waals surface area contributed by atoms with Crippen LogP contribution in [0.15, 0.2) is 58.5 Å². The highest BCUT2D eigenvalue weighted by Gasteiger charge is 2.18. The predicted molar refractivity (Wildman–Crippen MR) is 117 cm³/mol. The Bertz CT molecular complexity index is 1280. The minimum Gasteiger partial charge on any atom is -0.280 e. The topological polar surface area (TPSA) is 106 Å². The zero-order valence-corrected chi connectivity index (χ0v) is 18.8. The Morgan fingerprint density at radius 2 is 1.43 bits per heavy atom. The van der Waals surface area contributed by atoms with Crippen molar-refractivity contribution in [1.29, 1.82) is 0 Å². The molecule has 30 heavy (non-hydrogen) atoms. The maximum atomic E-state index is 12.8. The summed E-state index contributed by atoms with van der Waals surface area (Å²) in [6.45, 7) is 7.13. The lowest BCUT2D eigenvalue weighted by Crippen LogP contribution is -2.14. The lowest BCUT2D eigenvalue weighted by Gasteiger charge is -2.13. The van der Waals surface area contributed by atoms with E-state index in [-0.39, 0.29) is 15.7 Å². The Morgan fingerprint density at radius 1 is 0.800 bits per heavy atom. The van der Waals surface area contributed by atoms with Gasteiger partial charge in [-0.15, -0.1) is 10.2 Å². The molecule has 0 saturated carbocycles. The molecule has 0 radical (unpaired) electrons. The third-order valence-corrected chi connectivity index (χ3v) is 7.99. The maximum absolute atomic E-state index is 12.8. The smallest absolute Gasteiger partial charge is 0.262 e. The number of benzene rings is 2. The molecule has 0 aliphatic carbocycles. The fraction of sp³-hybridized carbons (Fsp3) is 0.238. The van der Waals surface area contributed by atoms with E-state index >= 15 is 0 Å². The lowest BCUT2D eigenvalue weighted by atomic mass is 10.1. The number of hydrogen-bond donors (Lipinski definition) is 1. The molecule has 0 atom stereocenters. The van der Waals surface area contributed by atoms with Gasteiger partial charge in [0, 0.05) is 11.3 Å². The molecule has 158 valence electrons. The first kappa shape index (κ1) is 21.9. The average molecular weight is 446 g/mol. The van der Waals surface area contributed by atoms with Crippen LogP contribution >= 0.6 is 0 Å². The number of aryl methyl sites for hydroxylation is 3. The van der Waals surface area contributed by atoms with Crippen molar-refractivity contribution in [2.24, 2.45) is 0 Å². The Labute approximate surface area is 177 Å². The van der Waals surface area contributed by atoms with Crippen LogP contribution in [-0.2, 0) is 19.9 Å². The predicted octanol–water partition coefficient (Wildman–Crippen LogP) is 3.66. The first-order chi connectivity index (χ1) is 14.0. The molecule has 0 spiro atoms. The van der Waals surface area contributed by atoms with Gasteiger partial charge in [-0.3, -0.25) is 4.72 Å². The molecule has 7 nitrogen and oxygen atoms in total. The van der Waals surface area contributed by atoms with Gasteiger partial charge in [0.2, 0.25) is 0 Å². The summed E-state index contributed by atoms with van der Waals surface area (Å²) >= 11 is 0. The van der Waals surface area contributed by atoms with Gasteiger partial charge in [0.15, 0.2) is 14.9 Å². The average Bonchev–Trinajstić information content (AvgIpc) is 2.71. The van der Waals surface area contributed by atoms with E-state index in [1.165, 1.54) is 6.07 Å². The number of nitrogens with one attached hydrogen (secondary N) is 1. The highest BCUT2D eigenvalue weighted by Crippen LogP contribution is 2.25. The summed E-state index contributed by atoms with van der Waals surface area (Å²) in [7, 11) is -7.14. The minimum atomic E-state index is -3.73. The van der Waals surface area contributed by atoms with Crippen molar-refractivity contribution < 1.29 is 16.8 Å². The van der Waals surface area contributed by atoms with Gasteiger partial charge in [-0.2, -0.15) is 0 Å². The van der Waals surface area contributed by atoms with Gasteiger partial charge in [0.1, 0.15) is 0 Å². The number of sulfonamides is 1. The van der Waals surface area contributed by atoms with Gasteiger partial charge in [0.25, 0.3) is 10.0 Å². The summed E-state index contributed by atoms with van der Waals surface area (Å²) in [5.74, 6) is -0.0458. The Kier molecular flexibility index (Phi) is 5.96. The van der Waals surface area contributed by atoms with E-state index in [2.05, 4.69) is 14.9 Å². The van der Waals surface area contributed by atoms with E-state index in [1.54, 1.807) is 50.2 Å². The molecule has 0 aliphatic heterocycles. The van der Waals surface area contributed by atoms with Gasteiger partial charge >= 0.3 is 0 Å². The van der Waals surface area contributed by atoms with E-state index in [9.17, 15) is 16.8 Å². The summed E-state index contributed by atoms with van der Waals surface area (Å²) in [6, 6.07) is 13.2. The van der Waals surface area contributed by atoms with E-state index in [4.69, 9.17) is 0 Å². The highest BCUT2D eigenvalue weighted by atomic mass is 32.2. The Hall–Kier alpha value is -2.78. The number of aromatic nitrogens is 2. The second-order valence-corrected chi connectivity index (χ2v) is 10.9. The molecule has 9 heteroatoms. The van der Waals surface area contributed by atoms with E-state index in [0.29, 0.717) is 22.5 Å². The highest BCUT2D eigenvalue weighted by molar-refractivity contribution is 7.92. The fourth-order valence-electron chi connectivity index (χ4n) is 2.93. The number of nitrogens with zero attached hydrogens (tertiary/aromatic N) is 2. The van der Waals surface area contributed by atoms with Crippen LogP contribution < -0.4 is 4.72 Å². The molecule has 3 rings (SSSR count). The standard InChI is InChI=1S/C21H23N3O4S2/c1-5-29(25,26)21-11-10-19(22-23-21)17-6-8-18(9-7-17)24-30(27,28)20-13-15(3)14(2)12-16(20)4/h6-13,24H,5H2,1-4H3. The third-order valence-electron chi connectivity index (χ3n) is 4.85. The number of rotatable bonds is 6. The Morgan fingerprint density at radius 3 is 2.00 bits per heavy atom. The summed E-state index contributed by atoms with van der Waals surface area (Å²) in [4.78, 5) is 0.244. The molecule has 1 N–H and O–H groups in total. The maximum Gasteiger partial charge on any atom is 0.262 e. The van der Waals surface area contributed by atoms with Crippen LogP contribution in [0.3, 0.4) is 0 Å². The van der Waals surface area contributed by atoms with Crippen LogP contribution in [0.4, 0.5) is 5.69 Å². The first-order valence-electron chi connectivity index (χ1n) is 9.31. The van der Waals surface area contributed by atoms with Gasteiger partial charge in [-0.1, -0.05) is 25.1 Å². The lowest BCUT2D eigenvalue weighted by molar-refractivity contribution is 0.591. The van der Waals surface area contributed by atoms with Crippen molar-refractivity contribution in [3.8, 4) is 11.3 Å². The van der Waals surface area contributed by atoms with Crippen LogP contribution in [0, 0.1) is 20.8 Å². The molecule has 0 amide bonds. The molecule has 0 bridgehead atoms. The summed E-state index contributed by atoms with van der Waals surface area (Å²) < 4.78 is 51.9. The van der Waals surface area contributed by atoms with E-state index in [0.717, 1.165) is 11.1 Å². The van der Waals surface area contributed by atoms with Gasteiger partial charge in [0.05, 0.1) is 16.3 Å². The van der Waals surface area contributed by atoms with Crippen LogP contribution in [0.5, 0.6) is 0 Å². The Balaban J connectivity index is 1.83. The van der Waals surface area contributed by atoms with Crippen molar-refractivity contribution in [2.75, 3.05) is 10.5 Å². The monoisotopic (exact) mass is 445 g/mol. The molecule has 0 unspecified atom stereocenters. The molecular formula is C21H23N3O4S2. The second kappa shape index (κ2) is 8.16. The zero-order valence-electron chi connectivity index (χ0n) is 17.2. The van der Waals surface area contributed by atoms with Crippen molar-refractivity contribution in [3.63, 3.8) is 0 Å². The fourth-order valence-corrected chi connectivity index (χ4v) is 5.04. The molecule has 1 heterocycles. The quantitative estimate of drug-likeness (QED) is 0.621. The normalized spacial score (nSPS) is 12.0. The van der Waals surface area contributed by atoms with Gasteiger partial charge in [-0.05, 0) is 67.8 Å². The molecule has 0 fully saturated rings. The van der Waals surface area contributed by atoms with Crippen molar-refractivity contribution in [2.45, 2.75) is 37.6 Å². The van der Waals surface area contributed by atoms with E-state index in [1.807, 2.05) is 19.9 Å². The zero-order chi connectivity index (χ0) is 22.1. The van der Waals surface area contributed by atoms with Crippen LogP contribution in [-0.4, -0.2) is 32.8 Å². The summed E-state index contributed by atoms with van der Waals surface area (Å²) in [6.07, 6.45) is 0. The van der Waals surface area contributed by atoms with Crippen LogP contribution in [0.1, 0.15) is 23.6 Å². The molecule has 2 aromatic carbocycles. The number of anilines is 1. The van der Waals surface area contributed by atoms with Crippen LogP contribution in [0.25, 0.3) is 11.3 Å². The van der Waals surface area contributed by atoms with Crippen LogP contribution in [0.2, 0.25) is 0 Å². The SMILES string of the molecule is CCS(=O)(=O)c1ccc(-c2ccc(NS(=O)(=O)c3cc(C)c(C)cc3C)cc2)nn1. The first-order valence-corrected chi connectivity index (χ1v) is 12.4. The molecule has 3 aromatic rings. The molecule has 0 aliphatic rings. The summed E-state index contributed by atoms with van der Waals surface area (Å²) in [5.41, 5.74) is 4.21.